The van der Waals surface area contributed by atoms with Crippen LogP contribution >= 0.6 is 35.0 Å². The summed E-state index contributed by atoms with van der Waals surface area (Å²) in [7, 11) is 0. The fraction of sp³-hybridized carbons (Fsp3) is 0.125. The van der Waals surface area contributed by atoms with Gasteiger partial charge >= 0.3 is 0 Å². The number of amides is 3. The van der Waals surface area contributed by atoms with E-state index >= 15 is 0 Å². The molecular weight excluding hydrogens is 481 g/mol. The number of halogens is 2. The zero-order chi connectivity index (χ0) is 24.0. The first-order valence-corrected chi connectivity index (χ1v) is 11.6. The summed E-state index contributed by atoms with van der Waals surface area (Å²) < 4.78 is 0. The van der Waals surface area contributed by atoms with E-state index < -0.39 is 5.91 Å². The summed E-state index contributed by atoms with van der Waals surface area (Å²) in [4.78, 5) is 37.3. The lowest BCUT2D eigenvalue weighted by Crippen LogP contribution is -2.24. The molecular formula is C24H21Cl2N3O3S. The first-order chi connectivity index (χ1) is 15.8. The summed E-state index contributed by atoms with van der Waals surface area (Å²) in [6, 6.07) is 18.3. The predicted molar refractivity (Wildman–Crippen MR) is 134 cm³/mol. The highest BCUT2D eigenvalue weighted by Crippen LogP contribution is 2.29. The van der Waals surface area contributed by atoms with Gasteiger partial charge in [0.1, 0.15) is 0 Å². The number of carbonyl (C=O) groups is 3. The second-order valence-corrected chi connectivity index (χ2v) is 9.17. The first-order valence-electron chi connectivity index (χ1n) is 10.0. The van der Waals surface area contributed by atoms with Gasteiger partial charge < -0.3 is 16.4 Å². The molecule has 3 aromatic carbocycles. The van der Waals surface area contributed by atoms with E-state index in [1.54, 1.807) is 54.6 Å². The van der Waals surface area contributed by atoms with Crippen molar-refractivity contribution in [2.45, 2.75) is 23.5 Å². The van der Waals surface area contributed by atoms with Crippen LogP contribution < -0.4 is 16.4 Å². The standard InChI is InChI=1S/C24H21Cl2N3O3S/c1-2-21(24(32)28-16-9-6-14(7-10-16)22(27)30)33-18-5-3-4-17(13-18)29-23(31)19-11-8-15(25)12-20(19)26/h3-13,21H,2H2,1H3,(H2,27,30)(H,28,32)(H,29,31). The van der Waals surface area contributed by atoms with Crippen LogP contribution in [0.15, 0.2) is 71.6 Å². The maximum atomic E-state index is 12.8. The Morgan fingerprint density at radius 1 is 0.939 bits per heavy atom. The van der Waals surface area contributed by atoms with Gasteiger partial charge in [0, 0.05) is 26.9 Å². The number of thioether (sulfide) groups is 1. The van der Waals surface area contributed by atoms with Gasteiger partial charge in [0.15, 0.2) is 0 Å². The Balaban J connectivity index is 1.66. The molecule has 9 heteroatoms. The van der Waals surface area contributed by atoms with Gasteiger partial charge in [-0.15, -0.1) is 11.8 Å². The van der Waals surface area contributed by atoms with Crippen LogP contribution in [0.3, 0.4) is 0 Å². The molecule has 6 nitrogen and oxygen atoms in total. The van der Waals surface area contributed by atoms with Crippen molar-refractivity contribution in [3.05, 3.63) is 87.9 Å². The van der Waals surface area contributed by atoms with Crippen LogP contribution in [0.4, 0.5) is 11.4 Å². The molecule has 0 bridgehead atoms. The molecule has 4 N–H and O–H groups in total. The van der Waals surface area contributed by atoms with Gasteiger partial charge in [-0.2, -0.15) is 0 Å². The molecule has 0 aliphatic heterocycles. The topological polar surface area (TPSA) is 101 Å². The number of benzene rings is 3. The number of hydrogen-bond acceptors (Lipinski definition) is 4. The number of primary amides is 1. The molecule has 0 aliphatic rings. The van der Waals surface area contributed by atoms with Crippen molar-refractivity contribution in [1.82, 2.24) is 0 Å². The average molecular weight is 502 g/mol. The van der Waals surface area contributed by atoms with Gasteiger partial charge in [-0.25, -0.2) is 0 Å². The number of carbonyl (C=O) groups excluding carboxylic acids is 3. The molecule has 33 heavy (non-hydrogen) atoms. The lowest BCUT2D eigenvalue weighted by Gasteiger charge is -2.16. The van der Waals surface area contributed by atoms with E-state index in [0.29, 0.717) is 33.9 Å². The van der Waals surface area contributed by atoms with Gasteiger partial charge in [0.25, 0.3) is 5.91 Å². The van der Waals surface area contributed by atoms with Crippen molar-refractivity contribution >= 4 is 64.1 Å². The minimum Gasteiger partial charge on any atom is -0.366 e. The third-order valence-electron chi connectivity index (χ3n) is 4.65. The molecule has 0 saturated carbocycles. The highest BCUT2D eigenvalue weighted by Gasteiger charge is 2.19. The fourth-order valence-electron chi connectivity index (χ4n) is 2.95. The highest BCUT2D eigenvalue weighted by atomic mass is 35.5. The Morgan fingerprint density at radius 2 is 1.67 bits per heavy atom. The van der Waals surface area contributed by atoms with Crippen LogP contribution in [0.1, 0.15) is 34.1 Å². The summed E-state index contributed by atoms with van der Waals surface area (Å²) in [6.45, 7) is 1.92. The Bertz CT molecular complexity index is 1190. The Hall–Kier alpha value is -3.00. The molecule has 0 aliphatic carbocycles. The number of anilines is 2. The van der Waals surface area contributed by atoms with Crippen molar-refractivity contribution in [2.24, 2.45) is 5.73 Å². The van der Waals surface area contributed by atoms with E-state index in [0.717, 1.165) is 4.90 Å². The van der Waals surface area contributed by atoms with Crippen molar-refractivity contribution in [3.63, 3.8) is 0 Å². The SMILES string of the molecule is CCC(Sc1cccc(NC(=O)c2ccc(Cl)cc2Cl)c1)C(=O)Nc1ccc(C(N)=O)cc1. The fourth-order valence-corrected chi connectivity index (χ4v) is 4.45. The van der Waals surface area contributed by atoms with Crippen LogP contribution in [-0.4, -0.2) is 23.0 Å². The Labute approximate surface area is 205 Å². The third kappa shape index (κ3) is 6.74. The van der Waals surface area contributed by atoms with Crippen molar-refractivity contribution in [3.8, 4) is 0 Å². The van der Waals surface area contributed by atoms with Gasteiger partial charge in [-0.05, 0) is 67.1 Å². The summed E-state index contributed by atoms with van der Waals surface area (Å²) in [5, 5.41) is 6.01. The Morgan fingerprint density at radius 3 is 2.30 bits per heavy atom. The minimum absolute atomic E-state index is 0.170. The average Bonchev–Trinajstić information content (AvgIpc) is 2.78. The summed E-state index contributed by atoms with van der Waals surface area (Å²) in [5.41, 5.74) is 7.07. The van der Waals surface area contributed by atoms with E-state index in [1.807, 2.05) is 13.0 Å². The van der Waals surface area contributed by atoms with Crippen LogP contribution in [0, 0.1) is 0 Å². The molecule has 1 unspecified atom stereocenters. The van der Waals surface area contributed by atoms with Crippen molar-refractivity contribution in [1.29, 1.82) is 0 Å². The Kier molecular flexibility index (Phi) is 8.38. The molecule has 3 rings (SSSR count). The van der Waals surface area contributed by atoms with Crippen LogP contribution in [0.25, 0.3) is 0 Å². The molecule has 0 aromatic heterocycles. The monoisotopic (exact) mass is 501 g/mol. The zero-order valence-electron chi connectivity index (χ0n) is 17.6. The second-order valence-electron chi connectivity index (χ2n) is 7.05. The molecule has 3 aromatic rings. The van der Waals surface area contributed by atoms with Gasteiger partial charge in [-0.1, -0.05) is 36.2 Å². The van der Waals surface area contributed by atoms with E-state index in [1.165, 1.54) is 17.8 Å². The molecule has 3 amide bonds. The van der Waals surface area contributed by atoms with Gasteiger partial charge in [-0.3, -0.25) is 14.4 Å². The molecule has 0 heterocycles. The first kappa shape index (κ1) is 24.6. The zero-order valence-corrected chi connectivity index (χ0v) is 19.9. The summed E-state index contributed by atoms with van der Waals surface area (Å²) in [6.07, 6.45) is 0.590. The minimum atomic E-state index is -0.528. The van der Waals surface area contributed by atoms with E-state index in [-0.39, 0.29) is 22.1 Å². The van der Waals surface area contributed by atoms with E-state index in [2.05, 4.69) is 10.6 Å². The smallest absolute Gasteiger partial charge is 0.257 e. The number of rotatable bonds is 8. The van der Waals surface area contributed by atoms with Crippen molar-refractivity contribution < 1.29 is 14.4 Å². The molecule has 0 spiro atoms. The lowest BCUT2D eigenvalue weighted by molar-refractivity contribution is -0.115. The molecule has 0 radical (unpaired) electrons. The molecule has 170 valence electrons. The lowest BCUT2D eigenvalue weighted by atomic mass is 10.2. The van der Waals surface area contributed by atoms with Crippen LogP contribution in [-0.2, 0) is 4.79 Å². The number of nitrogens with two attached hydrogens (primary N) is 1. The number of nitrogens with one attached hydrogen (secondary N) is 2. The summed E-state index contributed by atoms with van der Waals surface area (Å²) in [5.74, 6) is -1.06. The quantitative estimate of drug-likeness (QED) is 0.336. The molecule has 1 atom stereocenters. The van der Waals surface area contributed by atoms with Crippen molar-refractivity contribution in [2.75, 3.05) is 10.6 Å². The van der Waals surface area contributed by atoms with E-state index in [4.69, 9.17) is 28.9 Å². The molecule has 0 fully saturated rings. The largest absolute Gasteiger partial charge is 0.366 e. The highest BCUT2D eigenvalue weighted by molar-refractivity contribution is 8.00. The van der Waals surface area contributed by atoms with Crippen LogP contribution in [0.5, 0.6) is 0 Å². The van der Waals surface area contributed by atoms with E-state index in [9.17, 15) is 14.4 Å². The predicted octanol–water partition coefficient (Wildman–Crippen LogP) is 5.85. The maximum absolute atomic E-state index is 12.8. The maximum Gasteiger partial charge on any atom is 0.257 e. The molecule has 0 saturated heterocycles. The van der Waals surface area contributed by atoms with Gasteiger partial charge in [0.05, 0.1) is 15.8 Å². The second kappa shape index (κ2) is 11.2. The number of hydrogen-bond donors (Lipinski definition) is 3. The van der Waals surface area contributed by atoms with Gasteiger partial charge in [0.2, 0.25) is 11.8 Å². The normalized spacial score (nSPS) is 11.5. The third-order valence-corrected chi connectivity index (χ3v) is 6.55. The van der Waals surface area contributed by atoms with Crippen LogP contribution in [0.2, 0.25) is 10.0 Å². The summed E-state index contributed by atoms with van der Waals surface area (Å²) >= 11 is 13.4.